The summed E-state index contributed by atoms with van der Waals surface area (Å²) in [4.78, 5) is 0. The molecule has 0 atom stereocenters. The summed E-state index contributed by atoms with van der Waals surface area (Å²) >= 11 is -3.67. The molecule has 2 aliphatic rings. The summed E-state index contributed by atoms with van der Waals surface area (Å²) in [6.07, 6.45) is 10.5. The molecule has 0 bridgehead atoms. The second-order valence-corrected chi connectivity index (χ2v) is 22.9. The molecule has 0 aromatic heterocycles. The van der Waals surface area contributed by atoms with Crippen LogP contribution >= 0.6 is 0 Å². The van der Waals surface area contributed by atoms with Gasteiger partial charge in [-0.1, -0.05) is 0 Å². The van der Waals surface area contributed by atoms with Gasteiger partial charge in [0.1, 0.15) is 0 Å². The van der Waals surface area contributed by atoms with Gasteiger partial charge < -0.3 is 0 Å². The molecule has 4 aromatic carbocycles. The van der Waals surface area contributed by atoms with Crippen molar-refractivity contribution >= 4 is 10.8 Å². The Kier molecular flexibility index (Phi) is 5.90. The molecule has 35 heavy (non-hydrogen) atoms. The van der Waals surface area contributed by atoms with Crippen molar-refractivity contribution in [1.82, 2.24) is 0 Å². The Hall–Kier alpha value is -3.03. The first-order valence-electron chi connectivity index (χ1n) is 12.5. The van der Waals surface area contributed by atoms with Crippen LogP contribution in [0.5, 0.6) is 0 Å². The van der Waals surface area contributed by atoms with Crippen LogP contribution < -0.4 is 3.32 Å². The van der Waals surface area contributed by atoms with Crippen LogP contribution in [-0.2, 0) is 25.4 Å². The molecule has 0 saturated carbocycles. The van der Waals surface area contributed by atoms with E-state index in [1.54, 1.807) is 8.88 Å². The number of aryl methyl sites for hydroxylation is 1. The molecule has 0 spiro atoms. The van der Waals surface area contributed by atoms with Gasteiger partial charge in [-0.25, -0.2) is 0 Å². The van der Waals surface area contributed by atoms with Crippen LogP contribution in [0.25, 0.3) is 11.1 Å². The number of allylic oxidation sites excluding steroid dienone is 4. The van der Waals surface area contributed by atoms with E-state index in [1.165, 1.54) is 38.9 Å². The Morgan fingerprint density at radius 3 is 1.89 bits per heavy atom. The number of benzene rings is 4. The molecular formula is C34H30Hf. The molecule has 170 valence electrons. The summed E-state index contributed by atoms with van der Waals surface area (Å²) in [6.45, 7) is 4.69. The third kappa shape index (κ3) is 3.96. The molecule has 0 fully saturated rings. The van der Waals surface area contributed by atoms with Gasteiger partial charge in [-0.3, -0.25) is 0 Å². The molecule has 0 N–H and O–H groups in total. The van der Waals surface area contributed by atoms with E-state index in [1.807, 2.05) is 0 Å². The van der Waals surface area contributed by atoms with Crippen LogP contribution in [0, 0.1) is 13.8 Å². The van der Waals surface area contributed by atoms with Crippen molar-refractivity contribution in [3.63, 3.8) is 0 Å². The minimum atomic E-state index is -3.67. The van der Waals surface area contributed by atoms with E-state index in [0.717, 1.165) is 6.42 Å². The molecule has 0 unspecified atom stereocenters. The Bertz CT molecular complexity index is 1530. The van der Waals surface area contributed by atoms with Crippen molar-refractivity contribution in [2.45, 2.75) is 23.9 Å². The van der Waals surface area contributed by atoms with Crippen LogP contribution in [0.2, 0.25) is 3.67 Å². The fraction of sp³-hybridized carbons (Fsp3) is 0.118. The first-order chi connectivity index (χ1) is 17.2. The average Bonchev–Trinajstić information content (AvgIpc) is 3.55. The summed E-state index contributed by atoms with van der Waals surface area (Å²) < 4.78 is 7.60. The zero-order valence-electron chi connectivity index (χ0n) is 20.4. The topological polar surface area (TPSA) is 0 Å². The molecule has 0 heterocycles. The van der Waals surface area contributed by atoms with Gasteiger partial charge in [-0.05, 0) is 0 Å². The second kappa shape index (κ2) is 9.21. The fourth-order valence-corrected chi connectivity index (χ4v) is 24.1. The minimum absolute atomic E-state index is 0.455. The average molecular weight is 617 g/mol. The van der Waals surface area contributed by atoms with Crippen LogP contribution in [0.4, 0.5) is 0 Å². The van der Waals surface area contributed by atoms with E-state index in [0.29, 0.717) is 3.67 Å². The first-order valence-corrected chi connectivity index (χ1v) is 20.6. The van der Waals surface area contributed by atoms with Gasteiger partial charge in [0.15, 0.2) is 0 Å². The molecule has 4 aromatic rings. The normalized spacial score (nSPS) is 13.7. The molecule has 0 saturated heterocycles. The van der Waals surface area contributed by atoms with Gasteiger partial charge in [0.25, 0.3) is 0 Å². The van der Waals surface area contributed by atoms with Gasteiger partial charge in [0, 0.05) is 0 Å². The van der Waals surface area contributed by atoms with E-state index in [2.05, 4.69) is 137 Å². The molecule has 0 radical (unpaired) electrons. The van der Waals surface area contributed by atoms with Gasteiger partial charge in [0.2, 0.25) is 0 Å². The van der Waals surface area contributed by atoms with Gasteiger partial charge >= 0.3 is 214 Å². The third-order valence-electron chi connectivity index (χ3n) is 7.77. The predicted molar refractivity (Wildman–Crippen MR) is 149 cm³/mol. The van der Waals surface area contributed by atoms with Gasteiger partial charge in [-0.15, -0.1) is 0 Å². The van der Waals surface area contributed by atoms with Crippen LogP contribution in [-0.4, -0.2) is 7.52 Å². The Morgan fingerprint density at radius 1 is 0.686 bits per heavy atom. The maximum absolute atomic E-state index is 3.67. The molecule has 1 heteroatoms. The second-order valence-electron chi connectivity index (χ2n) is 9.89. The predicted octanol–water partition coefficient (Wildman–Crippen LogP) is 7.27. The number of hydrogen-bond donors (Lipinski definition) is 0. The number of fused-ring (bicyclic) bond motifs is 3. The summed E-state index contributed by atoms with van der Waals surface area (Å²) in [5, 5.41) is 0. The van der Waals surface area contributed by atoms with Crippen molar-refractivity contribution in [2.24, 2.45) is 0 Å². The summed E-state index contributed by atoms with van der Waals surface area (Å²) in [5.41, 5.74) is 11.5. The maximum atomic E-state index is 2.73. The Balaban J connectivity index is 1.78. The summed E-state index contributed by atoms with van der Waals surface area (Å²) in [6, 6.07) is 33.6. The fourth-order valence-electron chi connectivity index (χ4n) is 6.05. The van der Waals surface area contributed by atoms with Crippen molar-refractivity contribution < 1.29 is 19.0 Å². The van der Waals surface area contributed by atoms with E-state index in [-0.39, 0.29) is 0 Å². The quantitative estimate of drug-likeness (QED) is 0.186. The zero-order chi connectivity index (χ0) is 23.8. The van der Waals surface area contributed by atoms with E-state index < -0.39 is 19.0 Å². The van der Waals surface area contributed by atoms with Gasteiger partial charge in [0.05, 0.1) is 0 Å². The zero-order valence-corrected chi connectivity index (χ0v) is 24.0. The molecule has 0 nitrogen and oxygen atoms in total. The SMILES string of the molecule is Cc1cc2c([c]([Hf](=[CH]c3ccccc3)(=[CH]c3ccccc3)[CH]3C=CC=C3)c1C)Cc1ccccc1-2. The summed E-state index contributed by atoms with van der Waals surface area (Å²) in [5.74, 6) is 0. The van der Waals surface area contributed by atoms with Crippen LogP contribution in [0.1, 0.15) is 33.4 Å². The Morgan fingerprint density at radius 2 is 1.26 bits per heavy atom. The molecule has 2 aliphatic carbocycles. The molecule has 6 rings (SSSR count). The van der Waals surface area contributed by atoms with Crippen molar-refractivity contribution in [3.8, 4) is 11.1 Å². The van der Waals surface area contributed by atoms with E-state index in [9.17, 15) is 0 Å². The van der Waals surface area contributed by atoms with Crippen molar-refractivity contribution in [1.29, 1.82) is 0 Å². The van der Waals surface area contributed by atoms with Crippen LogP contribution in [0.3, 0.4) is 0 Å². The van der Waals surface area contributed by atoms with Gasteiger partial charge in [-0.2, -0.15) is 0 Å². The molecule has 0 aliphatic heterocycles. The third-order valence-corrected chi connectivity index (χ3v) is 24.5. The van der Waals surface area contributed by atoms with Crippen LogP contribution in [0.15, 0.2) is 115 Å². The standard InChI is InChI=1S/C15H13.2C7H6.C5H5.Hf/c1-10-7-13-9-12-5-3-4-6-14(12)15(13)8-11(10)2;2*1-7-5-3-2-4-6-7;1-2-4-5-3-1;/h3-6,8H,9H2,1-2H3;2*1-6H;1-5H;. The number of rotatable bonds is 4. The molecule has 0 amide bonds. The van der Waals surface area contributed by atoms with E-state index in [4.69, 9.17) is 0 Å². The summed E-state index contributed by atoms with van der Waals surface area (Å²) in [7, 11) is 0. The van der Waals surface area contributed by atoms with E-state index >= 15 is 0 Å². The monoisotopic (exact) mass is 618 g/mol. The van der Waals surface area contributed by atoms with Crippen molar-refractivity contribution in [3.05, 3.63) is 149 Å². The first kappa shape index (κ1) is 22.4. The molecular weight excluding hydrogens is 587 g/mol. The number of hydrogen-bond acceptors (Lipinski definition) is 0. The van der Waals surface area contributed by atoms with Crippen molar-refractivity contribution in [2.75, 3.05) is 0 Å². The Labute approximate surface area is 212 Å².